The number of aliphatic hydroxyl groups is 3. The summed E-state index contributed by atoms with van der Waals surface area (Å²) in [5, 5.41) is 128. The molecule has 14 unspecified atom stereocenters. The number of quaternary nitrogens is 6. The summed E-state index contributed by atoms with van der Waals surface area (Å²) in [6.45, 7) is 30.0. The summed E-state index contributed by atoms with van der Waals surface area (Å²) < 4.78 is 80.7. The minimum Gasteiger partial charge on any atom is -0.748 e. The summed E-state index contributed by atoms with van der Waals surface area (Å²) >= 11 is 0. The number of carboxylic acid groups (broad SMARTS) is 1. The van der Waals surface area contributed by atoms with Crippen molar-refractivity contribution in [3.8, 4) is 22.6 Å². The largest absolute Gasteiger partial charge is 0.748 e. The third kappa shape index (κ3) is 27.0. The van der Waals surface area contributed by atoms with Gasteiger partial charge in [0, 0.05) is 89.1 Å². The van der Waals surface area contributed by atoms with E-state index in [2.05, 4.69) is 13.8 Å². The average molecular weight is 1830 g/mol. The second-order valence-electron chi connectivity index (χ2n) is 37.9. The van der Waals surface area contributed by atoms with Crippen LogP contribution >= 0.6 is 0 Å². The number of hydroxylamine groups is 18. The van der Waals surface area contributed by atoms with Gasteiger partial charge in [-0.1, -0.05) is 180 Å². The lowest BCUT2D eigenvalue weighted by molar-refractivity contribution is -1.02. The summed E-state index contributed by atoms with van der Waals surface area (Å²) in [7, 11) is -2.64. The molecule has 0 saturated carbocycles. The molecule has 5 aliphatic heterocycles. The Morgan fingerprint density at radius 1 is 0.609 bits per heavy atom. The number of ether oxygens (including phenoxy) is 3. The number of benzene rings is 7. The SMILES string of the molecule is CC(C)(C)OOC1c2ccccc2-c2ccccc2C[N+]1([O-])CCCCCC(=O)O.CC(C)(C)[N+]([O-])(CCCS(=O)(=O)[O-])C(O)c1ccccc1.CC(C)(C)[N+]1([O-])CCc2ccccc2C1(C)OO.CCCCCC(OS(=O)(=O)O)C(C)[N+]1([O-])CCc2ccccc2C1O.CCOC1c2cc(OC)c(OC)cc2C(C)(C)C[N+]1(C)[O-].C[N+]1([O-])CCc2ccccc2C1O. The first kappa shape index (κ1) is 108. The van der Waals surface area contributed by atoms with Crippen LogP contribution in [0.5, 0.6) is 11.5 Å². The fourth-order valence-corrected chi connectivity index (χ4v) is 18.6. The molecule has 0 spiro atoms. The fourth-order valence-electron chi connectivity index (χ4n) is 17.6. The molecule has 0 amide bonds. The third-order valence-corrected chi connectivity index (χ3v) is 26.0. The number of aliphatic carboxylic acids is 1. The van der Waals surface area contributed by atoms with Gasteiger partial charge >= 0.3 is 16.4 Å². The highest BCUT2D eigenvalue weighted by Crippen LogP contribution is 2.50. The van der Waals surface area contributed by atoms with Crippen molar-refractivity contribution in [2.75, 3.05) is 79.9 Å². The molecule has 14 atom stereocenters. The minimum absolute atomic E-state index is 0.0868. The van der Waals surface area contributed by atoms with Crippen LogP contribution in [0.25, 0.3) is 11.1 Å². The summed E-state index contributed by atoms with van der Waals surface area (Å²) in [6.07, 6.45) is 0.759. The van der Waals surface area contributed by atoms with Crippen molar-refractivity contribution in [2.45, 2.75) is 259 Å². The van der Waals surface area contributed by atoms with E-state index in [0.717, 1.165) is 80.5 Å². The quantitative estimate of drug-likeness (QED) is 0.00530. The van der Waals surface area contributed by atoms with E-state index in [0.29, 0.717) is 100 Å². The van der Waals surface area contributed by atoms with E-state index >= 15 is 0 Å². The van der Waals surface area contributed by atoms with Crippen LogP contribution in [-0.2, 0) is 85.8 Å². The van der Waals surface area contributed by atoms with E-state index in [-0.39, 0.29) is 37.9 Å². The Labute approximate surface area is 757 Å². The number of rotatable bonds is 27. The molecule has 0 aliphatic carbocycles. The number of fused-ring (bicyclic) bond motifs is 7. The van der Waals surface area contributed by atoms with Crippen molar-refractivity contribution >= 4 is 26.5 Å². The maximum atomic E-state index is 14.2. The van der Waals surface area contributed by atoms with Gasteiger partial charge in [-0.2, -0.15) is 18.2 Å². The minimum atomic E-state index is -4.68. The van der Waals surface area contributed by atoms with Gasteiger partial charge in [-0.15, -0.1) is 0 Å². The predicted octanol–water partition coefficient (Wildman–Crippen LogP) is 17.2. The number of aliphatic hydroxyl groups excluding tert-OH is 3. The molecule has 6 N–H and O–H groups in total. The van der Waals surface area contributed by atoms with Crippen molar-refractivity contribution in [2.24, 2.45) is 0 Å². The van der Waals surface area contributed by atoms with E-state index in [4.69, 9.17) is 42.7 Å². The second-order valence-corrected chi connectivity index (χ2v) is 40.4. The molecule has 128 heavy (non-hydrogen) atoms. The molecule has 712 valence electrons. The average Bonchev–Trinajstić information content (AvgIpc) is 0.847. The van der Waals surface area contributed by atoms with Crippen LogP contribution in [0.15, 0.2) is 164 Å². The Bertz CT molecular complexity index is 4970. The smallest absolute Gasteiger partial charge is 0.397 e. The Morgan fingerprint density at radius 2 is 1.13 bits per heavy atom. The Kier molecular flexibility index (Phi) is 37.3. The summed E-state index contributed by atoms with van der Waals surface area (Å²) in [4.78, 5) is 27.0. The zero-order valence-corrected chi connectivity index (χ0v) is 79.6. The van der Waals surface area contributed by atoms with Gasteiger partial charge in [0.25, 0.3) is 12.0 Å². The van der Waals surface area contributed by atoms with Crippen molar-refractivity contribution in [3.05, 3.63) is 256 Å². The van der Waals surface area contributed by atoms with Crippen LogP contribution in [-0.4, -0.2) is 194 Å². The number of unbranched alkanes of at least 4 members (excludes halogenated alkanes) is 4. The lowest BCUT2D eigenvalue weighted by Gasteiger charge is -2.62. The Balaban J connectivity index is 0.000000214. The van der Waals surface area contributed by atoms with Gasteiger partial charge in [-0.3, -0.25) is 9.35 Å². The first-order chi connectivity index (χ1) is 59.5. The first-order valence-corrected chi connectivity index (χ1v) is 46.8. The summed E-state index contributed by atoms with van der Waals surface area (Å²) in [5.41, 5.74) is 7.98. The highest BCUT2D eigenvalue weighted by Gasteiger charge is 2.55. The highest BCUT2D eigenvalue weighted by molar-refractivity contribution is 7.85. The summed E-state index contributed by atoms with van der Waals surface area (Å²) in [5.74, 6) is -0.106. The van der Waals surface area contributed by atoms with E-state index in [1.165, 1.54) is 7.05 Å². The second kappa shape index (κ2) is 44.4. The number of carbonyl (C=O) groups is 1. The lowest BCUT2D eigenvalue weighted by atomic mass is 9.77. The third-order valence-electron chi connectivity index (χ3n) is 24.7. The summed E-state index contributed by atoms with van der Waals surface area (Å²) in [6, 6.07) is 49.8. The number of likely N-dealkylation sites (N-methyl/N-ethyl adjacent to an activating group) is 2. The zero-order valence-electron chi connectivity index (χ0n) is 77.9. The zero-order chi connectivity index (χ0) is 95.7. The maximum Gasteiger partial charge on any atom is 0.397 e. The standard InChI is InChI=1S/C24H31NO5.C17H27NO6S.C16H25NO4.C14H23NO5S.C14H21NO3.C10H13NO2/c1-24(2,3)30-29-23-21-14-9-8-13-20(21)19-12-7-6-11-18(19)17-25(23,28)16-10-4-5-15-22(26)27;1-3-4-5-10-16(24-25(21,22)23)13(2)18(20)12-11-14-8-6-7-9-15(14)17(18)19;1-7-21-15-11-8-13(19-5)14(20-6)9-12(11)16(2,3)10-17(15,4)18;1-14(2,3)15(17,10-7-11-21(18,19)20)13(16)12-8-5-4-6-9-12;1-13(2,3)15(16)10-9-11-7-5-6-8-12(11)14(15,4)18-17;1-11(13)7-6-8-4-2-3-5-9(8)10(11)12/h6-9,11-14,23H,4-5,10,15-17H2,1-3H3,(H,26,27);6-9,13,16-17,19H,3-5,10-12H2,1-2H3,(H,21,22,23);8-9,15H,7,10H2,1-6H3;4-6,8-9,13,16H,7,10-11H2,1-3H3,(H,18,19,20);5-8,17H,9-10H2,1-4H3;2-5,10,12H,6-7H2,1H3/p-1. The molecule has 7 aromatic rings. The van der Waals surface area contributed by atoms with Crippen LogP contribution in [0, 0.1) is 31.2 Å². The maximum absolute atomic E-state index is 14.2. The molecule has 5 heterocycles. The van der Waals surface area contributed by atoms with Gasteiger partial charge in [0.05, 0.1) is 101 Å². The highest BCUT2D eigenvalue weighted by atomic mass is 32.3. The topological polar surface area (TPSA) is 433 Å². The van der Waals surface area contributed by atoms with Crippen molar-refractivity contribution in [1.82, 2.24) is 0 Å². The van der Waals surface area contributed by atoms with Gasteiger partial charge in [0.1, 0.15) is 18.7 Å². The molecule has 5 aliphatic rings. The van der Waals surface area contributed by atoms with E-state index < -0.39 is 126 Å². The van der Waals surface area contributed by atoms with Crippen LogP contribution in [0.3, 0.4) is 0 Å². The van der Waals surface area contributed by atoms with E-state index in [1.54, 1.807) is 98.4 Å². The van der Waals surface area contributed by atoms with Crippen LogP contribution in [0.4, 0.5) is 0 Å². The molecular formula is C95H139N6O25S2-. The molecule has 0 aromatic heterocycles. The molecule has 7 aromatic carbocycles. The predicted molar refractivity (Wildman–Crippen MR) is 488 cm³/mol. The molecule has 0 bridgehead atoms. The number of methoxy groups -OCH3 is 2. The molecule has 0 radical (unpaired) electrons. The normalized spacial score (nSPS) is 25.1. The molecule has 31 nitrogen and oxygen atoms in total. The molecule has 12 rings (SSSR count). The van der Waals surface area contributed by atoms with Crippen molar-refractivity contribution in [3.63, 3.8) is 0 Å². The lowest BCUT2D eigenvalue weighted by Crippen LogP contribution is -2.69. The van der Waals surface area contributed by atoms with Crippen LogP contribution in [0.2, 0.25) is 0 Å². The molecular weight excluding hydrogens is 1690 g/mol. The van der Waals surface area contributed by atoms with Crippen LogP contribution < -0.4 is 9.47 Å². The fraction of sp³-hybridized carbons (Fsp3) is 0.547. The van der Waals surface area contributed by atoms with Gasteiger partial charge < -0.3 is 98.3 Å². The number of hydrogen-bond donors (Lipinski definition) is 6. The number of nitrogens with zero attached hydrogens (tertiary/aromatic N) is 6. The van der Waals surface area contributed by atoms with Crippen molar-refractivity contribution < 1.29 is 117 Å². The van der Waals surface area contributed by atoms with E-state index in [9.17, 15) is 78.0 Å². The van der Waals surface area contributed by atoms with Gasteiger partial charge in [0.15, 0.2) is 11.5 Å². The number of carboxylic acids is 1. The molecule has 0 saturated heterocycles. The monoisotopic (exact) mass is 1830 g/mol. The van der Waals surface area contributed by atoms with Crippen molar-refractivity contribution in [1.29, 1.82) is 0 Å². The first-order valence-electron chi connectivity index (χ1n) is 43.8. The van der Waals surface area contributed by atoms with E-state index in [1.807, 2.05) is 177 Å². The molecule has 33 heteroatoms. The Morgan fingerprint density at radius 3 is 1.67 bits per heavy atom. The Hall–Kier alpha value is -7.41. The molecule has 0 fully saturated rings. The van der Waals surface area contributed by atoms with Crippen LogP contribution in [0.1, 0.15) is 254 Å². The van der Waals surface area contributed by atoms with Gasteiger partial charge in [-0.05, 0) is 159 Å². The van der Waals surface area contributed by atoms with Gasteiger partial charge in [0.2, 0.25) is 24.9 Å². The number of hydrogen-bond acceptors (Lipinski definition) is 23. The van der Waals surface area contributed by atoms with Gasteiger partial charge in [-0.25, -0.2) is 22.7 Å².